The van der Waals surface area contributed by atoms with Gasteiger partial charge in [-0.15, -0.1) is 0 Å². The van der Waals surface area contributed by atoms with Gasteiger partial charge in [-0.05, 0) is 37.3 Å². The first-order valence-corrected chi connectivity index (χ1v) is 11.0. The Morgan fingerprint density at radius 2 is 1.90 bits per heavy atom. The van der Waals surface area contributed by atoms with Gasteiger partial charge in [0.05, 0.1) is 16.2 Å². The van der Waals surface area contributed by atoms with Gasteiger partial charge in [0.25, 0.3) is 5.91 Å². The van der Waals surface area contributed by atoms with Gasteiger partial charge in [0.2, 0.25) is 10.0 Å². The molecule has 1 saturated heterocycles. The number of ether oxygens (including phenoxy) is 2. The number of fused-ring (bicyclic) bond motifs is 1. The van der Waals surface area contributed by atoms with E-state index in [0.717, 1.165) is 0 Å². The standard InChI is InChI=1S/C19H24N4O5S/c1-22-12-15(19(20)24)16(21-22)10-13-4-6-23(7-5-13)29(25,26)14-2-3-17-18(11-14)28-9-8-27-17/h2-3,11-13H,4-10H2,1H3,(H2,20,24). The fraction of sp³-hybridized carbons (Fsp3) is 0.474. The summed E-state index contributed by atoms with van der Waals surface area (Å²) in [4.78, 5) is 11.8. The van der Waals surface area contributed by atoms with Gasteiger partial charge in [0, 0.05) is 32.4 Å². The topological polar surface area (TPSA) is 117 Å². The summed E-state index contributed by atoms with van der Waals surface area (Å²) in [5, 5.41) is 4.34. The molecule has 0 spiro atoms. The lowest BCUT2D eigenvalue weighted by Gasteiger charge is -2.31. The maximum Gasteiger partial charge on any atom is 0.252 e. The predicted octanol–water partition coefficient (Wildman–Crippen LogP) is 0.934. The molecule has 2 aromatic rings. The normalized spacial score (nSPS) is 18.0. The van der Waals surface area contributed by atoms with E-state index in [0.29, 0.717) is 68.3 Å². The van der Waals surface area contributed by atoms with E-state index < -0.39 is 15.9 Å². The molecule has 2 aliphatic heterocycles. The van der Waals surface area contributed by atoms with Crippen LogP contribution in [-0.2, 0) is 23.5 Å². The van der Waals surface area contributed by atoms with Crippen molar-refractivity contribution in [1.29, 1.82) is 0 Å². The third kappa shape index (κ3) is 3.95. The van der Waals surface area contributed by atoms with E-state index in [1.807, 2.05) is 0 Å². The maximum absolute atomic E-state index is 13.0. The van der Waals surface area contributed by atoms with Crippen LogP contribution >= 0.6 is 0 Å². The van der Waals surface area contributed by atoms with E-state index in [1.54, 1.807) is 30.1 Å². The number of aromatic nitrogens is 2. The van der Waals surface area contributed by atoms with Crippen molar-refractivity contribution in [3.05, 3.63) is 35.7 Å². The van der Waals surface area contributed by atoms with Crippen molar-refractivity contribution < 1.29 is 22.7 Å². The number of sulfonamides is 1. The minimum Gasteiger partial charge on any atom is -0.486 e. The second-order valence-electron chi connectivity index (χ2n) is 7.38. The molecule has 2 N–H and O–H groups in total. The molecule has 10 heteroatoms. The van der Waals surface area contributed by atoms with E-state index >= 15 is 0 Å². The highest BCUT2D eigenvalue weighted by Crippen LogP contribution is 2.34. The van der Waals surface area contributed by atoms with Gasteiger partial charge in [-0.1, -0.05) is 0 Å². The molecular formula is C19H24N4O5S. The fourth-order valence-corrected chi connectivity index (χ4v) is 5.34. The SMILES string of the molecule is Cn1cc(C(N)=O)c(CC2CCN(S(=O)(=O)c3ccc4c(c3)OCCO4)CC2)n1. The molecule has 3 heterocycles. The van der Waals surface area contributed by atoms with Crippen molar-refractivity contribution in [2.24, 2.45) is 18.7 Å². The largest absolute Gasteiger partial charge is 0.486 e. The zero-order valence-electron chi connectivity index (χ0n) is 16.2. The van der Waals surface area contributed by atoms with E-state index in [4.69, 9.17) is 15.2 Å². The van der Waals surface area contributed by atoms with E-state index in [9.17, 15) is 13.2 Å². The first-order chi connectivity index (χ1) is 13.8. The van der Waals surface area contributed by atoms with Crippen molar-refractivity contribution in [1.82, 2.24) is 14.1 Å². The van der Waals surface area contributed by atoms with Gasteiger partial charge in [0.1, 0.15) is 13.2 Å². The zero-order valence-corrected chi connectivity index (χ0v) is 17.0. The van der Waals surface area contributed by atoms with Crippen LogP contribution in [-0.4, -0.2) is 54.7 Å². The minimum absolute atomic E-state index is 0.209. The van der Waals surface area contributed by atoms with Gasteiger partial charge in [-0.2, -0.15) is 9.40 Å². The number of piperidine rings is 1. The Bertz CT molecular complexity index is 1030. The number of hydrogen-bond acceptors (Lipinski definition) is 6. The van der Waals surface area contributed by atoms with Crippen molar-refractivity contribution >= 4 is 15.9 Å². The molecule has 0 radical (unpaired) electrons. The van der Waals surface area contributed by atoms with E-state index in [-0.39, 0.29) is 10.8 Å². The quantitative estimate of drug-likeness (QED) is 0.769. The first kappa shape index (κ1) is 19.7. The van der Waals surface area contributed by atoms with Crippen LogP contribution in [0.5, 0.6) is 11.5 Å². The molecule has 0 saturated carbocycles. The third-order valence-corrected chi connectivity index (χ3v) is 7.27. The summed E-state index contributed by atoms with van der Waals surface area (Å²) < 4.78 is 40.1. The van der Waals surface area contributed by atoms with Crippen molar-refractivity contribution in [2.45, 2.75) is 24.2 Å². The van der Waals surface area contributed by atoms with Crippen LogP contribution in [0.25, 0.3) is 0 Å². The molecule has 9 nitrogen and oxygen atoms in total. The monoisotopic (exact) mass is 420 g/mol. The zero-order chi connectivity index (χ0) is 20.6. The summed E-state index contributed by atoms with van der Waals surface area (Å²) in [6.45, 7) is 1.70. The molecule has 0 unspecified atom stereocenters. The lowest BCUT2D eigenvalue weighted by molar-refractivity contribution is 0.0999. The van der Waals surface area contributed by atoms with Crippen LogP contribution in [0.1, 0.15) is 28.9 Å². The number of nitrogens with zero attached hydrogens (tertiary/aromatic N) is 3. The molecule has 156 valence electrons. The summed E-state index contributed by atoms with van der Waals surface area (Å²) in [5.41, 5.74) is 6.53. The minimum atomic E-state index is -3.61. The number of benzene rings is 1. The van der Waals surface area contributed by atoms with E-state index in [1.165, 1.54) is 10.4 Å². The lowest BCUT2D eigenvalue weighted by atomic mass is 9.92. The number of primary amides is 1. The summed E-state index contributed by atoms with van der Waals surface area (Å²) in [6, 6.07) is 4.73. The average molecular weight is 420 g/mol. The smallest absolute Gasteiger partial charge is 0.252 e. The van der Waals surface area contributed by atoms with Crippen LogP contribution in [0.15, 0.2) is 29.3 Å². The Morgan fingerprint density at radius 3 is 2.59 bits per heavy atom. The Balaban J connectivity index is 1.43. The Labute approximate surface area is 169 Å². The summed E-state index contributed by atoms with van der Waals surface area (Å²) in [7, 11) is -1.86. The predicted molar refractivity (Wildman–Crippen MR) is 104 cm³/mol. The molecule has 1 aromatic carbocycles. The fourth-order valence-electron chi connectivity index (χ4n) is 3.85. The molecule has 0 bridgehead atoms. The number of carbonyl (C=O) groups excluding carboxylic acids is 1. The number of aryl methyl sites for hydroxylation is 1. The highest BCUT2D eigenvalue weighted by Gasteiger charge is 2.31. The van der Waals surface area contributed by atoms with Crippen molar-refractivity contribution in [3.63, 3.8) is 0 Å². The molecule has 1 aromatic heterocycles. The van der Waals surface area contributed by atoms with Crippen molar-refractivity contribution in [3.8, 4) is 11.5 Å². The van der Waals surface area contributed by atoms with Crippen LogP contribution in [0.4, 0.5) is 0 Å². The highest BCUT2D eigenvalue weighted by molar-refractivity contribution is 7.89. The van der Waals surface area contributed by atoms with Gasteiger partial charge >= 0.3 is 0 Å². The van der Waals surface area contributed by atoms with Gasteiger partial charge in [-0.3, -0.25) is 9.48 Å². The Hall–Kier alpha value is -2.59. The first-order valence-electron chi connectivity index (χ1n) is 9.56. The Kier molecular flexibility index (Phi) is 5.22. The summed E-state index contributed by atoms with van der Waals surface area (Å²) in [5.74, 6) is 0.775. The second-order valence-corrected chi connectivity index (χ2v) is 9.32. The number of nitrogens with two attached hydrogens (primary N) is 1. The van der Waals surface area contributed by atoms with Crippen LogP contribution in [0, 0.1) is 5.92 Å². The molecule has 29 heavy (non-hydrogen) atoms. The van der Waals surface area contributed by atoms with Crippen LogP contribution < -0.4 is 15.2 Å². The molecular weight excluding hydrogens is 396 g/mol. The maximum atomic E-state index is 13.0. The number of amides is 1. The van der Waals surface area contributed by atoms with Crippen molar-refractivity contribution in [2.75, 3.05) is 26.3 Å². The summed E-state index contributed by atoms with van der Waals surface area (Å²) in [6.07, 6.45) is 3.62. The molecule has 1 amide bonds. The van der Waals surface area contributed by atoms with Crippen LogP contribution in [0.2, 0.25) is 0 Å². The number of rotatable bonds is 5. The molecule has 1 fully saturated rings. The highest BCUT2D eigenvalue weighted by atomic mass is 32.2. The third-order valence-electron chi connectivity index (χ3n) is 5.38. The molecule has 2 aliphatic rings. The molecule has 0 atom stereocenters. The van der Waals surface area contributed by atoms with Gasteiger partial charge in [-0.25, -0.2) is 8.42 Å². The summed E-state index contributed by atoms with van der Waals surface area (Å²) >= 11 is 0. The van der Waals surface area contributed by atoms with Gasteiger partial charge in [0.15, 0.2) is 11.5 Å². The lowest BCUT2D eigenvalue weighted by Crippen LogP contribution is -2.39. The van der Waals surface area contributed by atoms with Crippen LogP contribution in [0.3, 0.4) is 0 Å². The number of hydrogen-bond donors (Lipinski definition) is 1. The molecule has 0 aliphatic carbocycles. The Morgan fingerprint density at radius 1 is 1.21 bits per heavy atom. The van der Waals surface area contributed by atoms with Gasteiger partial charge < -0.3 is 15.2 Å². The number of carbonyl (C=O) groups is 1. The van der Waals surface area contributed by atoms with E-state index in [2.05, 4.69) is 5.10 Å². The second kappa shape index (κ2) is 7.68. The molecule has 4 rings (SSSR count). The average Bonchev–Trinajstić information content (AvgIpc) is 3.08.